The highest BCUT2D eigenvalue weighted by Gasteiger charge is 2.25. The van der Waals surface area contributed by atoms with Gasteiger partial charge in [0.15, 0.2) is 0 Å². The Morgan fingerprint density at radius 3 is 2.41 bits per heavy atom. The molecule has 0 spiro atoms. The van der Waals surface area contributed by atoms with Crippen molar-refractivity contribution in [2.45, 2.75) is 19.6 Å². The van der Waals surface area contributed by atoms with Crippen molar-refractivity contribution >= 4 is 23.3 Å². The van der Waals surface area contributed by atoms with Crippen LogP contribution in [0.25, 0.3) is 0 Å². The number of nitrogens with one attached hydrogen (secondary N) is 1. The summed E-state index contributed by atoms with van der Waals surface area (Å²) >= 11 is 6.13. The molecule has 3 aromatic carbocycles. The molecule has 0 aliphatic carbocycles. The molecular weight excluding hydrogens is 490 g/mol. The Labute approximate surface area is 223 Å². The first-order valence-corrected chi connectivity index (χ1v) is 12.8. The van der Waals surface area contributed by atoms with Crippen LogP contribution in [0.2, 0.25) is 5.02 Å². The lowest BCUT2D eigenvalue weighted by atomic mass is 10.1. The summed E-state index contributed by atoms with van der Waals surface area (Å²) in [5, 5.41) is 3.66. The number of hydrogen-bond acceptors (Lipinski definition) is 5. The molecule has 3 aromatic rings. The number of piperazine rings is 1. The van der Waals surface area contributed by atoms with Gasteiger partial charge in [-0.05, 0) is 42.3 Å². The molecule has 2 amide bonds. The number of benzene rings is 3. The van der Waals surface area contributed by atoms with Gasteiger partial charge in [0, 0.05) is 43.8 Å². The van der Waals surface area contributed by atoms with Gasteiger partial charge in [0.1, 0.15) is 11.5 Å². The average Bonchev–Trinajstić information content (AvgIpc) is 2.92. The number of amides is 2. The number of halogens is 1. The number of rotatable bonds is 9. The molecule has 1 N–H and O–H groups in total. The van der Waals surface area contributed by atoms with E-state index in [9.17, 15) is 4.79 Å². The van der Waals surface area contributed by atoms with Gasteiger partial charge in [-0.1, -0.05) is 53.6 Å². The van der Waals surface area contributed by atoms with Crippen LogP contribution in [-0.4, -0.2) is 62.8 Å². The predicted molar refractivity (Wildman–Crippen MR) is 147 cm³/mol. The van der Waals surface area contributed by atoms with E-state index in [1.807, 2.05) is 29.2 Å². The maximum Gasteiger partial charge on any atom is 0.322 e. The average molecular weight is 524 g/mol. The number of methoxy groups -OCH3 is 2. The predicted octanol–water partition coefficient (Wildman–Crippen LogP) is 5.77. The summed E-state index contributed by atoms with van der Waals surface area (Å²) in [6.07, 6.45) is -0.112. The van der Waals surface area contributed by atoms with Gasteiger partial charge in [-0.2, -0.15) is 0 Å². The van der Waals surface area contributed by atoms with E-state index in [0.29, 0.717) is 41.9 Å². The highest BCUT2D eigenvalue weighted by molar-refractivity contribution is 6.30. The van der Waals surface area contributed by atoms with Crippen LogP contribution in [0.15, 0.2) is 66.7 Å². The van der Waals surface area contributed by atoms with Crippen molar-refractivity contribution in [1.82, 2.24) is 9.80 Å². The van der Waals surface area contributed by atoms with E-state index in [1.165, 1.54) is 5.56 Å². The molecule has 0 aromatic heterocycles. The zero-order chi connectivity index (χ0) is 26.2. The van der Waals surface area contributed by atoms with Crippen LogP contribution in [0.1, 0.15) is 22.8 Å². The molecule has 0 unspecified atom stereocenters. The van der Waals surface area contributed by atoms with Crippen molar-refractivity contribution in [3.63, 3.8) is 0 Å². The summed E-state index contributed by atoms with van der Waals surface area (Å²) in [6, 6.07) is 21.4. The molecule has 0 bridgehead atoms. The maximum atomic E-state index is 13.0. The van der Waals surface area contributed by atoms with Crippen LogP contribution < -0.4 is 14.8 Å². The number of urea groups is 1. The van der Waals surface area contributed by atoms with Crippen molar-refractivity contribution in [2.75, 3.05) is 52.3 Å². The van der Waals surface area contributed by atoms with E-state index in [-0.39, 0.29) is 12.1 Å². The molecule has 0 saturated carbocycles. The highest BCUT2D eigenvalue weighted by Crippen LogP contribution is 2.29. The molecule has 1 fully saturated rings. The Bertz CT molecular complexity index is 1180. The van der Waals surface area contributed by atoms with Gasteiger partial charge in [0.25, 0.3) is 0 Å². The number of aryl methyl sites for hydroxylation is 1. The fourth-order valence-corrected chi connectivity index (χ4v) is 4.53. The van der Waals surface area contributed by atoms with Gasteiger partial charge in [-0.25, -0.2) is 4.79 Å². The molecule has 196 valence electrons. The summed E-state index contributed by atoms with van der Waals surface area (Å²) in [7, 11) is 3.17. The minimum absolute atomic E-state index is 0.112. The monoisotopic (exact) mass is 523 g/mol. The number of carbonyl (C=O) groups is 1. The minimum Gasteiger partial charge on any atom is -0.497 e. The lowest BCUT2D eigenvalue weighted by Crippen LogP contribution is -2.50. The minimum atomic E-state index is -0.156. The van der Waals surface area contributed by atoms with E-state index >= 15 is 0 Å². The van der Waals surface area contributed by atoms with E-state index < -0.39 is 0 Å². The fraction of sp³-hybridized carbons (Fsp3) is 0.345. The smallest absolute Gasteiger partial charge is 0.322 e. The van der Waals surface area contributed by atoms with E-state index in [1.54, 1.807) is 32.4 Å². The third kappa shape index (κ3) is 7.38. The molecule has 1 atom stereocenters. The highest BCUT2D eigenvalue weighted by atomic mass is 35.5. The first-order valence-electron chi connectivity index (χ1n) is 12.4. The summed E-state index contributed by atoms with van der Waals surface area (Å²) in [5.74, 6) is 1.24. The number of carbonyl (C=O) groups excluding carboxylic acids is 1. The van der Waals surface area contributed by atoms with Crippen LogP contribution in [0, 0.1) is 6.92 Å². The molecule has 4 rings (SSSR count). The Kier molecular flexibility index (Phi) is 9.28. The second-order valence-corrected chi connectivity index (χ2v) is 9.56. The molecule has 37 heavy (non-hydrogen) atoms. The fourth-order valence-electron chi connectivity index (χ4n) is 4.40. The zero-order valence-corrected chi connectivity index (χ0v) is 22.3. The summed E-state index contributed by atoms with van der Waals surface area (Å²) in [5.41, 5.74) is 4.03. The van der Waals surface area contributed by atoms with Gasteiger partial charge in [-0.15, -0.1) is 0 Å². The van der Waals surface area contributed by atoms with E-state index in [4.69, 9.17) is 25.8 Å². The Morgan fingerprint density at radius 1 is 0.973 bits per heavy atom. The van der Waals surface area contributed by atoms with Crippen molar-refractivity contribution in [3.8, 4) is 11.5 Å². The molecule has 7 nitrogen and oxygen atoms in total. The van der Waals surface area contributed by atoms with Gasteiger partial charge in [-0.3, -0.25) is 4.90 Å². The lowest BCUT2D eigenvalue weighted by Gasteiger charge is -2.36. The standard InChI is InChI=1S/C29H34ClN3O4/c1-21-5-4-6-22(17-21)20-37-28(23-7-9-24(30)10-8-23)19-32-13-15-33(16-14-32)29(34)31-26-18-25(35-2)11-12-27(26)36-3/h4-12,17-18,28H,13-16,19-20H2,1-3H3,(H,31,34)/t28-/m1/s1. The quantitative estimate of drug-likeness (QED) is 0.385. The number of anilines is 1. The van der Waals surface area contributed by atoms with Crippen LogP contribution in [0.3, 0.4) is 0 Å². The Balaban J connectivity index is 1.36. The zero-order valence-electron chi connectivity index (χ0n) is 21.6. The molecule has 1 aliphatic rings. The molecule has 8 heteroatoms. The number of nitrogens with zero attached hydrogens (tertiary/aromatic N) is 2. The summed E-state index contributed by atoms with van der Waals surface area (Å²) in [4.78, 5) is 17.1. The molecule has 1 saturated heterocycles. The third-order valence-corrected chi connectivity index (χ3v) is 6.76. The van der Waals surface area contributed by atoms with Crippen LogP contribution in [-0.2, 0) is 11.3 Å². The lowest BCUT2D eigenvalue weighted by molar-refractivity contribution is 0.00592. The van der Waals surface area contributed by atoms with E-state index in [2.05, 4.69) is 41.4 Å². The largest absolute Gasteiger partial charge is 0.497 e. The SMILES string of the molecule is COc1ccc(OC)c(NC(=O)N2CCN(C[C@@H](OCc3cccc(C)c3)c3ccc(Cl)cc3)CC2)c1. The second kappa shape index (κ2) is 12.8. The van der Waals surface area contributed by atoms with Crippen LogP contribution in [0.5, 0.6) is 11.5 Å². The summed E-state index contributed by atoms with van der Waals surface area (Å²) in [6.45, 7) is 6.07. The van der Waals surface area contributed by atoms with Gasteiger partial charge >= 0.3 is 6.03 Å². The van der Waals surface area contributed by atoms with Crippen LogP contribution in [0.4, 0.5) is 10.5 Å². The molecule has 1 heterocycles. The van der Waals surface area contributed by atoms with Gasteiger partial charge in [0.05, 0.1) is 32.6 Å². The van der Waals surface area contributed by atoms with E-state index in [0.717, 1.165) is 30.8 Å². The topological polar surface area (TPSA) is 63.3 Å². The first-order chi connectivity index (χ1) is 17.9. The van der Waals surface area contributed by atoms with Crippen molar-refractivity contribution in [2.24, 2.45) is 0 Å². The number of ether oxygens (including phenoxy) is 3. The Hall–Kier alpha value is -3.26. The molecule has 1 aliphatic heterocycles. The first kappa shape index (κ1) is 26.8. The number of hydrogen-bond donors (Lipinski definition) is 1. The second-order valence-electron chi connectivity index (χ2n) is 9.12. The Morgan fingerprint density at radius 2 is 1.73 bits per heavy atom. The maximum absolute atomic E-state index is 13.0. The summed E-state index contributed by atoms with van der Waals surface area (Å²) < 4.78 is 17.1. The third-order valence-electron chi connectivity index (χ3n) is 6.51. The van der Waals surface area contributed by atoms with Crippen molar-refractivity contribution in [1.29, 1.82) is 0 Å². The normalized spacial score (nSPS) is 14.8. The van der Waals surface area contributed by atoms with Crippen LogP contribution >= 0.6 is 11.6 Å². The molecule has 0 radical (unpaired) electrons. The van der Waals surface area contributed by atoms with Crippen molar-refractivity contribution < 1.29 is 19.0 Å². The van der Waals surface area contributed by atoms with Gasteiger partial charge < -0.3 is 24.4 Å². The van der Waals surface area contributed by atoms with Crippen molar-refractivity contribution in [3.05, 3.63) is 88.4 Å². The molecular formula is C29H34ClN3O4. The van der Waals surface area contributed by atoms with Gasteiger partial charge in [0.2, 0.25) is 0 Å².